The van der Waals surface area contributed by atoms with Crippen molar-refractivity contribution in [1.82, 2.24) is 9.97 Å². The third-order valence-corrected chi connectivity index (χ3v) is 3.37. The van der Waals surface area contributed by atoms with Gasteiger partial charge in [0.15, 0.2) is 9.84 Å². The van der Waals surface area contributed by atoms with Crippen molar-refractivity contribution in [2.45, 2.75) is 18.4 Å². The second-order valence-electron chi connectivity index (χ2n) is 3.84. The standard InChI is InChI=1S/C11H13N3O3S/c1-8-6-13-10(17-8)7-14-11-9(18(2,15)16)4-3-5-12-11/h3-6H,7H2,1-2H3,(H,12,14). The summed E-state index contributed by atoms with van der Waals surface area (Å²) in [4.78, 5) is 8.18. The molecule has 0 unspecified atom stereocenters. The van der Waals surface area contributed by atoms with E-state index < -0.39 is 9.84 Å². The Morgan fingerprint density at radius 3 is 2.78 bits per heavy atom. The highest BCUT2D eigenvalue weighted by Crippen LogP contribution is 2.18. The number of sulfone groups is 1. The van der Waals surface area contributed by atoms with Gasteiger partial charge in [-0.2, -0.15) is 0 Å². The number of nitrogens with zero attached hydrogens (tertiary/aromatic N) is 2. The van der Waals surface area contributed by atoms with Crippen LogP contribution in [0, 0.1) is 6.92 Å². The fourth-order valence-electron chi connectivity index (χ4n) is 1.47. The Bertz CT molecular complexity index is 649. The van der Waals surface area contributed by atoms with Gasteiger partial charge in [0.05, 0.1) is 12.7 Å². The van der Waals surface area contributed by atoms with Crippen LogP contribution in [-0.4, -0.2) is 24.6 Å². The van der Waals surface area contributed by atoms with Crippen molar-refractivity contribution >= 4 is 15.7 Å². The van der Waals surface area contributed by atoms with Gasteiger partial charge >= 0.3 is 0 Å². The molecule has 0 aliphatic carbocycles. The number of pyridine rings is 1. The molecule has 0 spiro atoms. The lowest BCUT2D eigenvalue weighted by molar-refractivity contribution is 0.478. The van der Waals surface area contributed by atoms with Crippen LogP contribution in [0.5, 0.6) is 0 Å². The first-order chi connectivity index (χ1) is 8.47. The van der Waals surface area contributed by atoms with E-state index in [1.54, 1.807) is 19.2 Å². The summed E-state index contributed by atoms with van der Waals surface area (Å²) in [6.07, 6.45) is 4.27. The van der Waals surface area contributed by atoms with E-state index in [2.05, 4.69) is 15.3 Å². The Morgan fingerprint density at radius 2 is 2.17 bits per heavy atom. The number of rotatable bonds is 4. The fourth-order valence-corrected chi connectivity index (χ4v) is 2.27. The van der Waals surface area contributed by atoms with E-state index >= 15 is 0 Å². The van der Waals surface area contributed by atoms with E-state index in [0.717, 1.165) is 6.26 Å². The van der Waals surface area contributed by atoms with Crippen LogP contribution in [0.4, 0.5) is 5.82 Å². The predicted octanol–water partition coefficient (Wildman–Crippen LogP) is 1.39. The summed E-state index contributed by atoms with van der Waals surface area (Å²) in [5, 5.41) is 2.90. The van der Waals surface area contributed by atoms with E-state index in [1.807, 2.05) is 0 Å². The first-order valence-corrected chi connectivity index (χ1v) is 7.16. The molecule has 2 rings (SSSR count). The van der Waals surface area contributed by atoms with Crippen LogP contribution in [-0.2, 0) is 16.4 Å². The molecule has 0 atom stereocenters. The SMILES string of the molecule is Cc1cnc(CNc2ncccc2S(C)(=O)=O)o1. The number of anilines is 1. The molecule has 0 saturated heterocycles. The Hall–Kier alpha value is -1.89. The van der Waals surface area contributed by atoms with Crippen LogP contribution in [0.2, 0.25) is 0 Å². The smallest absolute Gasteiger partial charge is 0.213 e. The predicted molar refractivity (Wildman–Crippen MR) is 65.9 cm³/mol. The number of hydrogen-bond acceptors (Lipinski definition) is 6. The van der Waals surface area contributed by atoms with Crippen molar-refractivity contribution in [2.24, 2.45) is 0 Å². The van der Waals surface area contributed by atoms with Gasteiger partial charge in [0.2, 0.25) is 5.89 Å². The van der Waals surface area contributed by atoms with E-state index in [4.69, 9.17) is 4.42 Å². The first-order valence-electron chi connectivity index (χ1n) is 5.27. The van der Waals surface area contributed by atoms with E-state index in [-0.39, 0.29) is 11.4 Å². The minimum Gasteiger partial charge on any atom is -0.444 e. The fraction of sp³-hybridized carbons (Fsp3) is 0.273. The second-order valence-corrected chi connectivity index (χ2v) is 5.82. The molecule has 2 aromatic heterocycles. The van der Waals surface area contributed by atoms with Gasteiger partial charge in [0, 0.05) is 12.5 Å². The van der Waals surface area contributed by atoms with E-state index in [9.17, 15) is 8.42 Å². The summed E-state index contributed by atoms with van der Waals surface area (Å²) in [6, 6.07) is 3.09. The summed E-state index contributed by atoms with van der Waals surface area (Å²) >= 11 is 0. The molecule has 0 fully saturated rings. The molecule has 2 aromatic rings. The van der Waals surface area contributed by atoms with Crippen molar-refractivity contribution in [2.75, 3.05) is 11.6 Å². The Labute approximate surface area is 105 Å². The zero-order valence-corrected chi connectivity index (χ0v) is 10.9. The minimum atomic E-state index is -3.31. The molecule has 7 heteroatoms. The van der Waals surface area contributed by atoms with Crippen LogP contribution in [0.15, 0.2) is 33.8 Å². The number of oxazole rings is 1. The van der Waals surface area contributed by atoms with Gasteiger partial charge in [-0.05, 0) is 19.1 Å². The third-order valence-electron chi connectivity index (χ3n) is 2.25. The molecule has 0 radical (unpaired) electrons. The highest BCUT2D eigenvalue weighted by Gasteiger charge is 2.14. The van der Waals surface area contributed by atoms with Crippen molar-refractivity contribution in [3.05, 3.63) is 36.2 Å². The van der Waals surface area contributed by atoms with Crippen molar-refractivity contribution in [3.8, 4) is 0 Å². The van der Waals surface area contributed by atoms with Gasteiger partial charge in [-0.3, -0.25) is 0 Å². The lowest BCUT2D eigenvalue weighted by Gasteiger charge is -2.07. The summed E-state index contributed by atoms with van der Waals surface area (Å²) in [5.74, 6) is 1.49. The largest absolute Gasteiger partial charge is 0.444 e. The Kier molecular flexibility index (Phi) is 3.33. The highest BCUT2D eigenvalue weighted by molar-refractivity contribution is 7.90. The van der Waals surface area contributed by atoms with Crippen molar-refractivity contribution in [1.29, 1.82) is 0 Å². The third kappa shape index (κ3) is 2.86. The topological polar surface area (TPSA) is 85.1 Å². The molecule has 0 aliphatic heterocycles. The minimum absolute atomic E-state index is 0.160. The molecule has 0 aliphatic rings. The lowest BCUT2D eigenvalue weighted by Crippen LogP contribution is -2.08. The molecule has 96 valence electrons. The summed E-state index contributed by atoms with van der Waals surface area (Å²) in [5.41, 5.74) is 0. The zero-order valence-electron chi connectivity index (χ0n) is 10.0. The van der Waals surface area contributed by atoms with Gasteiger partial charge in [-0.1, -0.05) is 0 Å². The average Bonchev–Trinajstić information content (AvgIpc) is 2.72. The van der Waals surface area contributed by atoms with Crippen molar-refractivity contribution in [3.63, 3.8) is 0 Å². The molecule has 18 heavy (non-hydrogen) atoms. The molecule has 0 aromatic carbocycles. The molecule has 0 bridgehead atoms. The number of nitrogens with one attached hydrogen (secondary N) is 1. The maximum Gasteiger partial charge on any atom is 0.213 e. The molecular weight excluding hydrogens is 254 g/mol. The molecule has 0 saturated carbocycles. The first kappa shape index (κ1) is 12.6. The summed E-state index contributed by atoms with van der Waals surface area (Å²) < 4.78 is 28.4. The van der Waals surface area contributed by atoms with Gasteiger partial charge in [0.25, 0.3) is 0 Å². The van der Waals surface area contributed by atoms with Crippen molar-refractivity contribution < 1.29 is 12.8 Å². The number of aryl methyl sites for hydroxylation is 1. The maximum atomic E-state index is 11.6. The molecule has 6 nitrogen and oxygen atoms in total. The molecule has 1 N–H and O–H groups in total. The molecule has 0 amide bonds. The van der Waals surface area contributed by atoms with Gasteiger partial charge in [0.1, 0.15) is 16.5 Å². The quantitative estimate of drug-likeness (QED) is 0.901. The van der Waals surface area contributed by atoms with Gasteiger partial charge in [-0.25, -0.2) is 18.4 Å². The number of hydrogen-bond donors (Lipinski definition) is 1. The van der Waals surface area contributed by atoms with Gasteiger partial charge in [-0.15, -0.1) is 0 Å². The normalized spacial score (nSPS) is 11.4. The average molecular weight is 267 g/mol. The maximum absolute atomic E-state index is 11.6. The van der Waals surface area contributed by atoms with Crippen LogP contribution in [0.3, 0.4) is 0 Å². The Morgan fingerprint density at radius 1 is 1.39 bits per heavy atom. The van der Waals surface area contributed by atoms with Gasteiger partial charge < -0.3 is 9.73 Å². The summed E-state index contributed by atoms with van der Waals surface area (Å²) in [6.45, 7) is 2.08. The number of aromatic nitrogens is 2. The zero-order chi connectivity index (χ0) is 13.2. The monoisotopic (exact) mass is 267 g/mol. The van der Waals surface area contributed by atoms with E-state index in [0.29, 0.717) is 17.5 Å². The second kappa shape index (κ2) is 4.77. The molecule has 2 heterocycles. The molecular formula is C11H13N3O3S. The van der Waals surface area contributed by atoms with Crippen LogP contribution >= 0.6 is 0 Å². The van der Waals surface area contributed by atoms with Crippen LogP contribution < -0.4 is 5.32 Å². The summed E-state index contributed by atoms with van der Waals surface area (Å²) in [7, 11) is -3.31. The highest BCUT2D eigenvalue weighted by atomic mass is 32.2. The Balaban J connectivity index is 2.20. The van der Waals surface area contributed by atoms with Crippen LogP contribution in [0.1, 0.15) is 11.7 Å². The van der Waals surface area contributed by atoms with Crippen LogP contribution in [0.25, 0.3) is 0 Å². The lowest BCUT2D eigenvalue weighted by atomic mass is 10.4. The van der Waals surface area contributed by atoms with E-state index in [1.165, 1.54) is 12.3 Å².